The average Bonchev–Trinajstić information content (AvgIpc) is 3.41. The van der Waals surface area contributed by atoms with Crippen molar-refractivity contribution in [2.45, 2.75) is 19.5 Å². The number of aromatic nitrogens is 5. The fraction of sp³-hybridized carbons (Fsp3) is 0.250. The van der Waals surface area contributed by atoms with Crippen molar-refractivity contribution in [1.82, 2.24) is 35.2 Å². The molecule has 8 nitrogen and oxygen atoms in total. The number of nitrogens with one attached hydrogen (secondary N) is 2. The first-order valence-electron chi connectivity index (χ1n) is 8.19. The van der Waals surface area contributed by atoms with E-state index in [2.05, 4.69) is 25.6 Å². The highest BCUT2D eigenvalue weighted by atomic mass is 32.1. The molecule has 5 rings (SSSR count). The SMILES string of the molecule is Cn1c2c(c3sc(Cc4[nH]ncc4F)nc31)CNN(Cc1cscn1)C2=O. The molecule has 138 valence electrons. The monoisotopic (exact) mass is 403 g/mol. The molecule has 0 saturated heterocycles. The van der Waals surface area contributed by atoms with Gasteiger partial charge in [0.15, 0.2) is 11.5 Å². The summed E-state index contributed by atoms with van der Waals surface area (Å²) in [6, 6.07) is 0. The van der Waals surface area contributed by atoms with Crippen LogP contribution < -0.4 is 5.43 Å². The van der Waals surface area contributed by atoms with Crippen LogP contribution in [0.5, 0.6) is 0 Å². The first-order valence-corrected chi connectivity index (χ1v) is 9.95. The second-order valence-electron chi connectivity index (χ2n) is 6.23. The van der Waals surface area contributed by atoms with Crippen LogP contribution in [-0.4, -0.2) is 35.6 Å². The van der Waals surface area contributed by atoms with E-state index in [1.54, 1.807) is 10.5 Å². The zero-order valence-corrected chi connectivity index (χ0v) is 15.8. The zero-order chi connectivity index (χ0) is 18.5. The number of hydrogen-bond donors (Lipinski definition) is 2. The van der Waals surface area contributed by atoms with Gasteiger partial charge >= 0.3 is 0 Å². The molecular formula is C16H14FN7OS2. The molecule has 0 fully saturated rings. The van der Waals surface area contributed by atoms with Gasteiger partial charge in [0.05, 0.1) is 34.3 Å². The van der Waals surface area contributed by atoms with Crippen molar-refractivity contribution in [3.63, 3.8) is 0 Å². The highest BCUT2D eigenvalue weighted by Crippen LogP contribution is 2.34. The van der Waals surface area contributed by atoms with Gasteiger partial charge in [-0.2, -0.15) is 5.10 Å². The maximum atomic E-state index is 13.6. The van der Waals surface area contributed by atoms with Crippen LogP contribution in [0, 0.1) is 5.82 Å². The molecule has 1 amide bonds. The Balaban J connectivity index is 1.48. The third-order valence-corrected chi connectivity index (χ3v) is 6.30. The highest BCUT2D eigenvalue weighted by molar-refractivity contribution is 7.18. The van der Waals surface area contributed by atoms with Crippen LogP contribution >= 0.6 is 22.7 Å². The lowest BCUT2D eigenvalue weighted by molar-refractivity contribution is 0.0590. The van der Waals surface area contributed by atoms with Crippen molar-refractivity contribution in [3.05, 3.63) is 50.6 Å². The Morgan fingerprint density at radius 1 is 1.41 bits per heavy atom. The number of halogens is 1. The Morgan fingerprint density at radius 3 is 3.04 bits per heavy atom. The lowest BCUT2D eigenvalue weighted by Gasteiger charge is -2.27. The third kappa shape index (κ3) is 2.66. The topological polar surface area (TPSA) is 91.7 Å². The van der Waals surface area contributed by atoms with Crippen molar-refractivity contribution in [2.75, 3.05) is 0 Å². The largest absolute Gasteiger partial charge is 0.323 e. The number of hydrogen-bond acceptors (Lipinski definition) is 7. The first kappa shape index (κ1) is 16.5. The van der Waals surface area contributed by atoms with Gasteiger partial charge < -0.3 is 4.57 Å². The zero-order valence-electron chi connectivity index (χ0n) is 14.2. The van der Waals surface area contributed by atoms with Gasteiger partial charge in [0, 0.05) is 31.0 Å². The molecule has 5 heterocycles. The summed E-state index contributed by atoms with van der Waals surface area (Å²) in [6.07, 6.45) is 1.50. The van der Waals surface area contributed by atoms with Crippen molar-refractivity contribution < 1.29 is 9.18 Å². The smallest absolute Gasteiger partial charge is 0.285 e. The van der Waals surface area contributed by atoms with Crippen LogP contribution in [0.15, 0.2) is 17.1 Å². The summed E-state index contributed by atoms with van der Waals surface area (Å²) in [5, 5.41) is 10.6. The number of aromatic amines is 1. The quantitative estimate of drug-likeness (QED) is 0.545. The molecule has 0 aliphatic carbocycles. The second kappa shape index (κ2) is 6.22. The first-order chi connectivity index (χ1) is 13.1. The van der Waals surface area contributed by atoms with E-state index in [-0.39, 0.29) is 11.7 Å². The van der Waals surface area contributed by atoms with Gasteiger partial charge in [-0.25, -0.2) is 19.8 Å². The fourth-order valence-electron chi connectivity index (χ4n) is 3.26. The van der Waals surface area contributed by atoms with Crippen LogP contribution in [0.4, 0.5) is 4.39 Å². The van der Waals surface area contributed by atoms with Gasteiger partial charge in [-0.05, 0) is 0 Å². The number of nitrogens with zero attached hydrogens (tertiary/aromatic N) is 5. The average molecular weight is 403 g/mol. The summed E-state index contributed by atoms with van der Waals surface area (Å²) in [4.78, 5) is 21.8. The summed E-state index contributed by atoms with van der Waals surface area (Å²) in [7, 11) is 1.84. The van der Waals surface area contributed by atoms with E-state index in [1.165, 1.54) is 22.7 Å². The Labute approximate surface area is 160 Å². The molecule has 11 heteroatoms. The van der Waals surface area contributed by atoms with Crippen LogP contribution in [0.3, 0.4) is 0 Å². The fourth-order valence-corrected chi connectivity index (χ4v) is 4.96. The predicted molar refractivity (Wildman–Crippen MR) is 98.8 cm³/mol. The molecule has 4 aromatic rings. The molecule has 1 aliphatic heterocycles. The standard InChI is InChI=1S/C16H14FN7OS2/c1-23-13-9(3-20-24(16(13)25)5-8-6-26-7-18-8)14-15(23)21-12(27-14)2-11-10(17)4-19-22-11/h4,6-7,20H,2-3,5H2,1H3,(H,19,22). The number of H-pyrrole nitrogens is 1. The number of rotatable bonds is 4. The van der Waals surface area contributed by atoms with Crippen molar-refractivity contribution >= 4 is 38.9 Å². The minimum atomic E-state index is -0.370. The Hall–Kier alpha value is -2.63. The Bertz CT molecular complexity index is 1140. The summed E-state index contributed by atoms with van der Waals surface area (Å²) < 4.78 is 16.4. The minimum Gasteiger partial charge on any atom is -0.323 e. The molecule has 27 heavy (non-hydrogen) atoms. The van der Waals surface area contributed by atoms with Crippen LogP contribution in [0.25, 0.3) is 10.3 Å². The molecular weight excluding hydrogens is 389 g/mol. The predicted octanol–water partition coefficient (Wildman–Crippen LogP) is 2.20. The summed E-state index contributed by atoms with van der Waals surface area (Å²) in [5.74, 6) is -0.469. The van der Waals surface area contributed by atoms with Gasteiger partial charge in [0.25, 0.3) is 5.91 Å². The maximum Gasteiger partial charge on any atom is 0.285 e. The molecule has 0 bridgehead atoms. The number of carbonyl (C=O) groups is 1. The van der Waals surface area contributed by atoms with Gasteiger partial charge in [-0.3, -0.25) is 14.9 Å². The van der Waals surface area contributed by atoms with E-state index in [4.69, 9.17) is 0 Å². The number of carbonyl (C=O) groups excluding carboxylic acids is 1. The number of amides is 1. The molecule has 0 saturated carbocycles. The lowest BCUT2D eigenvalue weighted by atomic mass is 10.2. The van der Waals surface area contributed by atoms with Gasteiger partial charge in [-0.15, -0.1) is 22.7 Å². The van der Waals surface area contributed by atoms with Crippen molar-refractivity contribution in [1.29, 1.82) is 0 Å². The number of hydrazine groups is 1. The molecule has 0 radical (unpaired) electrons. The number of fused-ring (bicyclic) bond motifs is 3. The summed E-state index contributed by atoms with van der Waals surface area (Å²) in [6.45, 7) is 0.945. The molecule has 2 N–H and O–H groups in total. The van der Waals surface area contributed by atoms with E-state index >= 15 is 0 Å². The number of thiazole rings is 2. The van der Waals surface area contributed by atoms with Gasteiger partial charge in [0.1, 0.15) is 10.7 Å². The molecule has 4 aromatic heterocycles. The normalized spacial score (nSPS) is 14.3. The summed E-state index contributed by atoms with van der Waals surface area (Å²) >= 11 is 2.98. The van der Waals surface area contributed by atoms with Crippen LogP contribution in [0.2, 0.25) is 0 Å². The van der Waals surface area contributed by atoms with Crippen molar-refractivity contribution in [3.8, 4) is 0 Å². The molecule has 0 atom stereocenters. The maximum absolute atomic E-state index is 13.6. The van der Waals surface area contributed by atoms with E-state index in [1.807, 2.05) is 17.0 Å². The van der Waals surface area contributed by atoms with E-state index in [0.29, 0.717) is 30.9 Å². The third-order valence-electron chi connectivity index (χ3n) is 4.56. The number of aryl methyl sites for hydroxylation is 1. The van der Waals surface area contributed by atoms with Crippen molar-refractivity contribution in [2.24, 2.45) is 7.05 Å². The Morgan fingerprint density at radius 2 is 2.30 bits per heavy atom. The molecule has 0 aromatic carbocycles. The Kier molecular flexibility index (Phi) is 3.81. The van der Waals surface area contributed by atoms with Crippen LogP contribution in [-0.2, 0) is 26.6 Å². The molecule has 0 unspecified atom stereocenters. The van der Waals surface area contributed by atoms with E-state index < -0.39 is 0 Å². The van der Waals surface area contributed by atoms with Gasteiger partial charge in [-0.1, -0.05) is 0 Å². The van der Waals surface area contributed by atoms with Crippen LogP contribution in [0.1, 0.15) is 32.4 Å². The van der Waals surface area contributed by atoms with E-state index in [9.17, 15) is 9.18 Å². The molecule has 0 spiro atoms. The minimum absolute atomic E-state index is 0.0990. The second-order valence-corrected chi connectivity index (χ2v) is 8.03. The molecule has 1 aliphatic rings. The van der Waals surface area contributed by atoms with E-state index in [0.717, 1.165) is 32.8 Å². The van der Waals surface area contributed by atoms with Gasteiger partial charge in [0.2, 0.25) is 0 Å². The highest BCUT2D eigenvalue weighted by Gasteiger charge is 2.32. The lowest BCUT2D eigenvalue weighted by Crippen LogP contribution is -2.46. The summed E-state index contributed by atoms with van der Waals surface area (Å²) in [5.41, 5.74) is 8.49.